The van der Waals surface area contributed by atoms with Gasteiger partial charge in [-0.15, -0.1) is 0 Å². The van der Waals surface area contributed by atoms with Crippen LogP contribution >= 0.6 is 34.8 Å². The number of hydrogen-bond acceptors (Lipinski definition) is 5. The Morgan fingerprint density at radius 2 is 1.67 bits per heavy atom. The number of fused-ring (bicyclic) bond motifs is 1. The summed E-state index contributed by atoms with van der Waals surface area (Å²) in [6.45, 7) is 0. The van der Waals surface area contributed by atoms with Crippen LogP contribution in [0.4, 0.5) is 14.6 Å². The summed E-state index contributed by atoms with van der Waals surface area (Å²) in [6, 6.07) is 4.53. The van der Waals surface area contributed by atoms with Crippen molar-refractivity contribution in [3.63, 3.8) is 0 Å². The lowest BCUT2D eigenvalue weighted by molar-refractivity contribution is -0.0793. The monoisotopic (exact) mass is 473 g/mol. The van der Waals surface area contributed by atoms with Crippen LogP contribution in [0, 0.1) is 0 Å². The van der Waals surface area contributed by atoms with E-state index in [9.17, 15) is 8.78 Å². The van der Waals surface area contributed by atoms with E-state index in [-0.39, 0.29) is 28.0 Å². The van der Waals surface area contributed by atoms with Gasteiger partial charge in [0.15, 0.2) is 0 Å². The summed E-state index contributed by atoms with van der Waals surface area (Å²) >= 11 is 19.1. The number of rotatable bonds is 5. The van der Waals surface area contributed by atoms with Gasteiger partial charge in [0.2, 0.25) is 0 Å². The summed E-state index contributed by atoms with van der Waals surface area (Å²) in [4.78, 5) is 8.74. The second kappa shape index (κ2) is 7.87. The van der Waals surface area contributed by atoms with Crippen LogP contribution in [0.5, 0.6) is 11.5 Å². The minimum absolute atomic E-state index is 0.248. The third kappa shape index (κ3) is 3.82. The molecule has 4 rings (SSSR count). The van der Waals surface area contributed by atoms with Crippen LogP contribution < -0.4 is 14.8 Å². The van der Waals surface area contributed by atoms with E-state index in [1.54, 1.807) is 24.4 Å². The van der Waals surface area contributed by atoms with Crippen molar-refractivity contribution < 1.29 is 18.3 Å². The zero-order chi connectivity index (χ0) is 21.6. The Bertz CT molecular complexity index is 1110. The van der Waals surface area contributed by atoms with Crippen molar-refractivity contribution in [2.24, 2.45) is 0 Å². The molecule has 0 saturated heterocycles. The molecule has 0 atom stereocenters. The van der Waals surface area contributed by atoms with Gasteiger partial charge in [-0.25, -0.2) is 18.7 Å². The smallest absolute Gasteiger partial charge is 0.252 e. The first kappa shape index (κ1) is 21.2. The van der Waals surface area contributed by atoms with Crippen molar-refractivity contribution in [3.05, 3.63) is 39.6 Å². The van der Waals surface area contributed by atoms with E-state index in [4.69, 9.17) is 44.3 Å². The van der Waals surface area contributed by atoms with Gasteiger partial charge in [-0.05, 0) is 12.1 Å². The molecule has 10 heteroatoms. The summed E-state index contributed by atoms with van der Waals surface area (Å²) in [6.07, 6.45) is 1.03. The second-order valence-corrected chi connectivity index (χ2v) is 8.12. The Labute approximate surface area is 186 Å². The van der Waals surface area contributed by atoms with Gasteiger partial charge in [0.05, 0.1) is 30.0 Å². The molecule has 5 nitrogen and oxygen atoms in total. The Balaban J connectivity index is 1.90. The summed E-state index contributed by atoms with van der Waals surface area (Å²) in [5.74, 6) is -1.56. The average molecular weight is 475 g/mol. The summed E-state index contributed by atoms with van der Waals surface area (Å²) in [5, 5.41) is 5.18. The molecule has 2 aromatic heterocycles. The average Bonchev–Trinajstić information content (AvgIpc) is 2.67. The fourth-order valence-electron chi connectivity index (χ4n) is 3.43. The number of nitrogens with zero attached hydrogens (tertiary/aromatic N) is 2. The number of nitrogens with one attached hydrogen (secondary N) is 1. The highest BCUT2D eigenvalue weighted by molar-refractivity contribution is 6.41. The minimum Gasteiger partial charge on any atom is -0.495 e. The molecule has 0 bridgehead atoms. The molecule has 1 saturated carbocycles. The van der Waals surface area contributed by atoms with Crippen molar-refractivity contribution in [2.45, 2.75) is 24.8 Å². The van der Waals surface area contributed by atoms with Crippen molar-refractivity contribution in [3.8, 4) is 22.8 Å². The SMILES string of the molecule is COc1cc(OC)c(Cl)c(-c2cc3cnc(Cl)cc3c(NC3CC(F)(F)C3)n2)c1Cl. The molecule has 1 aliphatic rings. The fourth-order valence-corrected chi connectivity index (χ4v) is 4.28. The maximum atomic E-state index is 13.3. The molecule has 0 radical (unpaired) electrons. The molecule has 1 fully saturated rings. The maximum absolute atomic E-state index is 13.3. The number of methoxy groups -OCH3 is 2. The third-order valence-electron chi connectivity index (χ3n) is 4.94. The first-order valence-electron chi connectivity index (χ1n) is 8.93. The largest absolute Gasteiger partial charge is 0.495 e. The Morgan fingerprint density at radius 3 is 2.23 bits per heavy atom. The number of ether oxygens (including phenoxy) is 2. The first-order valence-corrected chi connectivity index (χ1v) is 10.1. The van der Waals surface area contributed by atoms with E-state index in [0.29, 0.717) is 39.3 Å². The molecule has 1 aliphatic carbocycles. The highest BCUT2D eigenvalue weighted by atomic mass is 35.5. The van der Waals surface area contributed by atoms with Crippen LogP contribution in [-0.2, 0) is 0 Å². The van der Waals surface area contributed by atoms with Gasteiger partial charge in [-0.1, -0.05) is 34.8 Å². The lowest BCUT2D eigenvalue weighted by Crippen LogP contribution is -2.44. The van der Waals surface area contributed by atoms with Crippen molar-refractivity contribution in [2.75, 3.05) is 19.5 Å². The quantitative estimate of drug-likeness (QED) is 0.429. The molecule has 1 N–H and O–H groups in total. The number of anilines is 1. The maximum Gasteiger partial charge on any atom is 0.252 e. The zero-order valence-electron chi connectivity index (χ0n) is 15.9. The van der Waals surface area contributed by atoms with E-state index in [1.807, 2.05) is 0 Å². The molecule has 158 valence electrons. The van der Waals surface area contributed by atoms with Gasteiger partial charge in [0, 0.05) is 47.5 Å². The number of alkyl halides is 2. The van der Waals surface area contributed by atoms with E-state index in [0.717, 1.165) is 0 Å². The topological polar surface area (TPSA) is 56.3 Å². The molecule has 2 heterocycles. The number of aromatic nitrogens is 2. The molecule has 0 amide bonds. The van der Waals surface area contributed by atoms with Crippen LogP contribution in [-0.4, -0.2) is 36.2 Å². The van der Waals surface area contributed by atoms with E-state index in [1.165, 1.54) is 14.2 Å². The number of hydrogen-bond donors (Lipinski definition) is 1. The number of halogens is 5. The Kier molecular flexibility index (Phi) is 5.55. The van der Waals surface area contributed by atoms with Gasteiger partial charge >= 0.3 is 0 Å². The predicted molar refractivity (Wildman–Crippen MR) is 115 cm³/mol. The zero-order valence-corrected chi connectivity index (χ0v) is 18.2. The molecular formula is C20H16Cl3F2N3O2. The Hall–Kier alpha value is -2.09. The number of benzene rings is 1. The molecule has 1 aromatic carbocycles. The molecule has 3 aromatic rings. The van der Waals surface area contributed by atoms with Crippen LogP contribution in [0.2, 0.25) is 15.2 Å². The van der Waals surface area contributed by atoms with Gasteiger partial charge in [0.25, 0.3) is 5.92 Å². The van der Waals surface area contributed by atoms with Crippen LogP contribution in [0.1, 0.15) is 12.8 Å². The second-order valence-electron chi connectivity index (χ2n) is 6.97. The van der Waals surface area contributed by atoms with Crippen molar-refractivity contribution in [1.82, 2.24) is 9.97 Å². The van der Waals surface area contributed by atoms with Gasteiger partial charge < -0.3 is 14.8 Å². The standard InChI is InChI=1S/C20H16Cl3F2N3O2/c1-29-13-5-14(30-2)18(23)16(17(13)22)12-3-9-8-26-15(21)4-11(9)19(28-12)27-10-6-20(24,25)7-10/h3-5,8,10H,6-7H2,1-2H3,(H,27,28). The molecule has 0 spiro atoms. The van der Waals surface area contributed by atoms with Gasteiger partial charge in [0.1, 0.15) is 22.5 Å². The fraction of sp³-hybridized carbons (Fsp3) is 0.300. The summed E-state index contributed by atoms with van der Waals surface area (Å²) in [5.41, 5.74) is 0.806. The van der Waals surface area contributed by atoms with Crippen molar-refractivity contribution in [1.29, 1.82) is 0 Å². The normalized spacial score (nSPS) is 15.7. The van der Waals surface area contributed by atoms with Crippen LogP contribution in [0.15, 0.2) is 24.4 Å². The number of pyridine rings is 2. The Morgan fingerprint density at radius 1 is 1.03 bits per heavy atom. The molecular weight excluding hydrogens is 459 g/mol. The van der Waals surface area contributed by atoms with E-state index >= 15 is 0 Å². The predicted octanol–water partition coefficient (Wildman–Crippen LogP) is 6.48. The lowest BCUT2D eigenvalue weighted by atomic mass is 9.88. The highest BCUT2D eigenvalue weighted by Gasteiger charge is 2.45. The first-order chi connectivity index (χ1) is 14.2. The lowest BCUT2D eigenvalue weighted by Gasteiger charge is -2.36. The van der Waals surface area contributed by atoms with Gasteiger partial charge in [-0.2, -0.15) is 0 Å². The summed E-state index contributed by atoms with van der Waals surface area (Å²) in [7, 11) is 2.95. The molecule has 0 unspecified atom stereocenters. The third-order valence-corrected chi connectivity index (χ3v) is 5.90. The molecule has 30 heavy (non-hydrogen) atoms. The van der Waals surface area contributed by atoms with Gasteiger partial charge in [-0.3, -0.25) is 0 Å². The van der Waals surface area contributed by atoms with E-state index < -0.39 is 12.0 Å². The van der Waals surface area contributed by atoms with Crippen LogP contribution in [0.25, 0.3) is 22.0 Å². The van der Waals surface area contributed by atoms with Crippen LogP contribution in [0.3, 0.4) is 0 Å². The summed E-state index contributed by atoms with van der Waals surface area (Å²) < 4.78 is 37.3. The van der Waals surface area contributed by atoms with E-state index in [2.05, 4.69) is 15.3 Å². The highest BCUT2D eigenvalue weighted by Crippen LogP contribution is 2.47. The van der Waals surface area contributed by atoms with Crippen molar-refractivity contribution >= 4 is 51.4 Å². The minimum atomic E-state index is -2.67. The molecule has 0 aliphatic heterocycles.